The summed E-state index contributed by atoms with van der Waals surface area (Å²) in [4.78, 5) is 19.0. The topological polar surface area (TPSA) is 85.4 Å². The van der Waals surface area contributed by atoms with E-state index in [1.165, 1.54) is 34.5 Å². The Morgan fingerprint density at radius 2 is 2.03 bits per heavy atom. The van der Waals surface area contributed by atoms with Gasteiger partial charge in [0.25, 0.3) is 0 Å². The number of ether oxygens (including phenoxy) is 1. The van der Waals surface area contributed by atoms with Crippen molar-refractivity contribution in [2.75, 3.05) is 12.3 Å². The first kappa shape index (κ1) is 23.5. The van der Waals surface area contributed by atoms with Crippen molar-refractivity contribution in [3.05, 3.63) is 33.3 Å². The number of aliphatic hydroxyl groups is 1. The second kappa shape index (κ2) is 7.79. The standard InChI is InChI=1S/C29H38N2O3S/c1-6-34-27(33)25-24(30)21-20-14(2)22-18-8-7-16-13-17(32)9-11-28(16,4)19(18)10-12-29(22,5)23(20)15(3)31-26(21)35-25/h7,14,17-19,22,32H,6,8-13,30H2,1-5H3/t14-,17+,18+,19-,22+,28+,29-/m1/s1. The van der Waals surface area contributed by atoms with Crippen molar-refractivity contribution in [3.8, 4) is 0 Å². The van der Waals surface area contributed by atoms with Crippen molar-refractivity contribution in [3.63, 3.8) is 0 Å². The highest BCUT2D eigenvalue weighted by Crippen LogP contribution is 2.68. The van der Waals surface area contributed by atoms with E-state index < -0.39 is 0 Å². The number of carbonyl (C=O) groups excluding carboxylic acids is 1. The van der Waals surface area contributed by atoms with Crippen molar-refractivity contribution in [2.24, 2.45) is 23.2 Å². The normalized spacial score (nSPS) is 37.8. The summed E-state index contributed by atoms with van der Waals surface area (Å²) in [6, 6.07) is 0. The number of aryl methyl sites for hydroxylation is 1. The molecule has 2 heterocycles. The summed E-state index contributed by atoms with van der Waals surface area (Å²) in [7, 11) is 0. The molecule has 0 amide bonds. The summed E-state index contributed by atoms with van der Waals surface area (Å²) in [5.41, 5.74) is 12.8. The highest BCUT2D eigenvalue weighted by atomic mass is 32.1. The van der Waals surface area contributed by atoms with Crippen LogP contribution in [0.5, 0.6) is 0 Å². The fourth-order valence-corrected chi connectivity index (χ4v) is 10.2. The number of esters is 1. The molecule has 6 rings (SSSR count). The molecule has 5 nitrogen and oxygen atoms in total. The molecule has 2 saturated carbocycles. The van der Waals surface area contributed by atoms with Crippen LogP contribution >= 0.6 is 11.3 Å². The Labute approximate surface area is 212 Å². The molecule has 4 aliphatic rings. The molecule has 7 atom stereocenters. The van der Waals surface area contributed by atoms with Gasteiger partial charge in [0.2, 0.25) is 0 Å². The molecule has 0 bridgehead atoms. The molecule has 188 valence electrons. The van der Waals surface area contributed by atoms with Crippen LogP contribution in [0.4, 0.5) is 5.69 Å². The van der Waals surface area contributed by atoms with E-state index in [4.69, 9.17) is 15.5 Å². The van der Waals surface area contributed by atoms with Gasteiger partial charge in [-0.05, 0) is 98.0 Å². The molecule has 0 aromatic carbocycles. The van der Waals surface area contributed by atoms with E-state index in [0.29, 0.717) is 40.8 Å². The summed E-state index contributed by atoms with van der Waals surface area (Å²) < 4.78 is 5.31. The van der Waals surface area contributed by atoms with Gasteiger partial charge in [-0.15, -0.1) is 11.3 Å². The van der Waals surface area contributed by atoms with Gasteiger partial charge in [0.15, 0.2) is 0 Å². The number of hydrogen-bond donors (Lipinski definition) is 2. The van der Waals surface area contributed by atoms with Crippen LogP contribution in [0.2, 0.25) is 0 Å². The maximum Gasteiger partial charge on any atom is 0.350 e. The quantitative estimate of drug-likeness (QED) is 0.380. The van der Waals surface area contributed by atoms with Gasteiger partial charge in [0.1, 0.15) is 9.71 Å². The fraction of sp³-hybridized carbons (Fsp3) is 0.655. The molecule has 2 aromatic rings. The summed E-state index contributed by atoms with van der Waals surface area (Å²) in [6.45, 7) is 11.6. The first-order valence-corrected chi connectivity index (χ1v) is 14.2. The first-order valence-electron chi connectivity index (χ1n) is 13.4. The van der Waals surface area contributed by atoms with Gasteiger partial charge in [-0.2, -0.15) is 0 Å². The Morgan fingerprint density at radius 3 is 2.77 bits per heavy atom. The summed E-state index contributed by atoms with van der Waals surface area (Å²) in [5.74, 6) is 1.80. The molecular formula is C29H38N2O3S. The second-order valence-electron chi connectivity index (χ2n) is 12.1. The number of nitrogens with zero attached hydrogens (tertiary/aromatic N) is 1. The number of nitrogen functional groups attached to an aromatic ring is 1. The minimum absolute atomic E-state index is 0.0650. The van der Waals surface area contributed by atoms with Crippen molar-refractivity contribution in [2.45, 2.75) is 90.6 Å². The van der Waals surface area contributed by atoms with Gasteiger partial charge >= 0.3 is 5.97 Å². The molecule has 35 heavy (non-hydrogen) atoms. The van der Waals surface area contributed by atoms with Crippen LogP contribution < -0.4 is 5.73 Å². The number of carbonyl (C=O) groups is 1. The van der Waals surface area contributed by atoms with E-state index in [-0.39, 0.29) is 22.9 Å². The van der Waals surface area contributed by atoms with Gasteiger partial charge in [0.05, 0.1) is 18.4 Å². The van der Waals surface area contributed by atoms with Crippen LogP contribution in [0.1, 0.15) is 98.6 Å². The van der Waals surface area contributed by atoms with Gasteiger partial charge in [-0.3, -0.25) is 0 Å². The molecular weight excluding hydrogens is 456 g/mol. The molecule has 2 fully saturated rings. The van der Waals surface area contributed by atoms with Crippen LogP contribution in [-0.2, 0) is 10.2 Å². The predicted octanol–water partition coefficient (Wildman–Crippen LogP) is 6.26. The average molecular weight is 495 g/mol. The molecule has 0 unspecified atom stereocenters. The van der Waals surface area contributed by atoms with Crippen LogP contribution in [0.25, 0.3) is 10.2 Å². The van der Waals surface area contributed by atoms with Crippen molar-refractivity contribution in [1.82, 2.24) is 4.98 Å². The number of aliphatic hydroxyl groups excluding tert-OH is 1. The zero-order chi connectivity index (χ0) is 24.9. The molecule has 0 spiro atoms. The Kier molecular flexibility index (Phi) is 5.22. The number of fused-ring (bicyclic) bond motifs is 9. The van der Waals surface area contributed by atoms with E-state index >= 15 is 0 Å². The van der Waals surface area contributed by atoms with Crippen LogP contribution in [0, 0.1) is 30.1 Å². The third-order valence-corrected chi connectivity index (χ3v) is 11.5. The van der Waals surface area contributed by atoms with Crippen molar-refractivity contribution in [1.29, 1.82) is 0 Å². The minimum atomic E-state index is -0.342. The Morgan fingerprint density at radius 1 is 1.29 bits per heavy atom. The number of hydrogen-bond acceptors (Lipinski definition) is 6. The van der Waals surface area contributed by atoms with Crippen molar-refractivity contribution < 1.29 is 14.6 Å². The van der Waals surface area contributed by atoms with Gasteiger partial charge < -0.3 is 15.6 Å². The van der Waals surface area contributed by atoms with Crippen molar-refractivity contribution >= 4 is 33.2 Å². The number of pyridine rings is 1. The summed E-state index contributed by atoms with van der Waals surface area (Å²) in [5, 5.41) is 11.3. The lowest BCUT2D eigenvalue weighted by atomic mass is 9.47. The zero-order valence-electron chi connectivity index (χ0n) is 21.6. The lowest BCUT2D eigenvalue weighted by molar-refractivity contribution is -0.0227. The molecule has 2 aromatic heterocycles. The largest absolute Gasteiger partial charge is 0.462 e. The number of rotatable bonds is 2. The van der Waals surface area contributed by atoms with E-state index in [1.54, 1.807) is 0 Å². The van der Waals surface area contributed by atoms with Gasteiger partial charge in [0, 0.05) is 11.1 Å². The number of aromatic nitrogens is 1. The Hall–Kier alpha value is -1.92. The SMILES string of the molecule is CCOC(=O)c1sc2nc(C)c3c(c2c1N)[C@@H](C)[C@H]1[C@H]2CC=C4C[C@@H](O)CC[C@]4(C)[C@@H]2CC[C@@]31C. The number of anilines is 1. The third kappa shape index (κ3) is 3.02. The van der Waals surface area contributed by atoms with E-state index in [2.05, 4.69) is 33.8 Å². The minimum Gasteiger partial charge on any atom is -0.462 e. The molecule has 3 N–H and O–H groups in total. The van der Waals surface area contributed by atoms with E-state index in [1.807, 2.05) is 6.92 Å². The fourth-order valence-electron chi connectivity index (χ4n) is 9.11. The highest BCUT2D eigenvalue weighted by Gasteiger charge is 2.60. The molecule has 0 radical (unpaired) electrons. The Bertz CT molecular complexity index is 1260. The maximum atomic E-state index is 12.7. The average Bonchev–Trinajstić information content (AvgIpc) is 3.26. The van der Waals surface area contributed by atoms with Gasteiger partial charge in [-0.25, -0.2) is 9.78 Å². The number of allylic oxidation sites excluding steroid dienone is 1. The summed E-state index contributed by atoms with van der Waals surface area (Å²) in [6.07, 6.45) is 8.66. The third-order valence-electron chi connectivity index (χ3n) is 10.5. The lowest BCUT2D eigenvalue weighted by Crippen LogP contribution is -2.51. The zero-order valence-corrected chi connectivity index (χ0v) is 22.4. The number of thiophene rings is 1. The van der Waals surface area contributed by atoms with E-state index in [9.17, 15) is 9.90 Å². The predicted molar refractivity (Wildman–Crippen MR) is 141 cm³/mol. The van der Waals surface area contributed by atoms with Crippen LogP contribution in [-0.4, -0.2) is 28.8 Å². The molecule has 0 saturated heterocycles. The lowest BCUT2D eigenvalue weighted by Gasteiger charge is -2.58. The molecule has 0 aliphatic heterocycles. The van der Waals surface area contributed by atoms with Crippen LogP contribution in [0.15, 0.2) is 11.6 Å². The number of nitrogens with two attached hydrogens (primary N) is 1. The first-order chi connectivity index (χ1) is 16.6. The second-order valence-corrected chi connectivity index (χ2v) is 13.1. The smallest absolute Gasteiger partial charge is 0.350 e. The Balaban J connectivity index is 1.49. The maximum absolute atomic E-state index is 12.7. The highest BCUT2D eigenvalue weighted by molar-refractivity contribution is 7.21. The van der Waals surface area contributed by atoms with E-state index in [0.717, 1.165) is 48.0 Å². The van der Waals surface area contributed by atoms with Crippen LogP contribution in [0.3, 0.4) is 0 Å². The summed E-state index contributed by atoms with van der Waals surface area (Å²) >= 11 is 1.38. The molecule has 6 heteroatoms. The van der Waals surface area contributed by atoms with Gasteiger partial charge in [-0.1, -0.05) is 32.4 Å². The molecule has 4 aliphatic carbocycles. The monoisotopic (exact) mass is 494 g/mol.